The van der Waals surface area contributed by atoms with Gasteiger partial charge in [0.25, 0.3) is 0 Å². The maximum Gasteiger partial charge on any atom is 0.411 e. The minimum absolute atomic E-state index is 0.113. The van der Waals surface area contributed by atoms with E-state index in [2.05, 4.69) is 4.74 Å². The number of hydrogen-bond donors (Lipinski definition) is 1. The first kappa shape index (κ1) is 14.8. The maximum absolute atomic E-state index is 13.2. The maximum atomic E-state index is 13.2. The van der Waals surface area contributed by atoms with Gasteiger partial charge in [-0.05, 0) is 11.6 Å². The molecule has 0 saturated heterocycles. The molecule has 0 saturated carbocycles. The zero-order chi connectivity index (χ0) is 13.8. The molecule has 18 heavy (non-hydrogen) atoms. The lowest BCUT2D eigenvalue weighted by Crippen LogP contribution is -2.24. The molecule has 0 aliphatic rings. The second-order valence-corrected chi connectivity index (χ2v) is 3.70. The molecule has 0 heterocycles. The summed E-state index contributed by atoms with van der Waals surface area (Å²) in [6.07, 6.45) is -6.13. The number of alkyl halides is 3. The number of benzene rings is 1. The van der Waals surface area contributed by atoms with Gasteiger partial charge in [-0.3, -0.25) is 0 Å². The molecule has 102 valence electrons. The lowest BCUT2D eigenvalue weighted by atomic mass is 10.1. The Hall–Kier alpha value is -1.21. The molecular formula is C11H11F5O2. The van der Waals surface area contributed by atoms with Gasteiger partial charge in [-0.25, -0.2) is 8.78 Å². The molecule has 0 aliphatic heterocycles. The third kappa shape index (κ3) is 4.97. The van der Waals surface area contributed by atoms with Crippen LogP contribution in [0.5, 0.6) is 0 Å². The highest BCUT2D eigenvalue weighted by Gasteiger charge is 2.27. The van der Waals surface area contributed by atoms with Crippen molar-refractivity contribution in [3.8, 4) is 0 Å². The molecule has 1 aromatic carbocycles. The van der Waals surface area contributed by atoms with Crippen molar-refractivity contribution < 1.29 is 31.8 Å². The highest BCUT2D eigenvalue weighted by atomic mass is 19.4. The van der Waals surface area contributed by atoms with Crippen LogP contribution in [0.4, 0.5) is 22.0 Å². The Kier molecular flexibility index (Phi) is 5.03. The molecule has 1 unspecified atom stereocenters. The highest BCUT2D eigenvalue weighted by Crippen LogP contribution is 2.16. The van der Waals surface area contributed by atoms with Gasteiger partial charge in [0.2, 0.25) is 0 Å². The molecule has 0 radical (unpaired) electrons. The summed E-state index contributed by atoms with van der Waals surface area (Å²) >= 11 is 0. The van der Waals surface area contributed by atoms with E-state index in [0.717, 1.165) is 6.07 Å². The molecule has 0 aromatic heterocycles. The molecule has 2 nitrogen and oxygen atoms in total. The lowest BCUT2D eigenvalue weighted by molar-refractivity contribution is -0.179. The molecule has 1 rings (SSSR count). The summed E-state index contributed by atoms with van der Waals surface area (Å²) in [5.74, 6) is -2.19. The molecule has 0 fully saturated rings. The van der Waals surface area contributed by atoms with Crippen molar-refractivity contribution in [1.82, 2.24) is 0 Å². The third-order valence-electron chi connectivity index (χ3n) is 2.06. The van der Waals surface area contributed by atoms with E-state index in [-0.39, 0.29) is 12.0 Å². The smallest absolute Gasteiger partial charge is 0.390 e. The van der Waals surface area contributed by atoms with Crippen LogP contribution in [0.2, 0.25) is 0 Å². The van der Waals surface area contributed by atoms with E-state index in [4.69, 9.17) is 0 Å². The standard InChI is InChI=1S/C11H11F5O2/c12-9-3-1-2-7(10(9)13)4-8(17)5-18-6-11(14,15)16/h1-3,8,17H,4-6H2. The van der Waals surface area contributed by atoms with Crippen LogP contribution in [-0.2, 0) is 11.2 Å². The highest BCUT2D eigenvalue weighted by molar-refractivity contribution is 5.19. The molecule has 0 amide bonds. The molecule has 0 bridgehead atoms. The normalized spacial score (nSPS) is 13.7. The quantitative estimate of drug-likeness (QED) is 0.833. The lowest BCUT2D eigenvalue weighted by Gasteiger charge is -2.13. The van der Waals surface area contributed by atoms with Gasteiger partial charge in [-0.15, -0.1) is 0 Å². The number of aliphatic hydroxyl groups is 1. The van der Waals surface area contributed by atoms with Crippen LogP contribution in [0.1, 0.15) is 5.56 Å². The zero-order valence-electron chi connectivity index (χ0n) is 9.18. The minimum atomic E-state index is -4.48. The van der Waals surface area contributed by atoms with E-state index in [1.165, 1.54) is 12.1 Å². The van der Waals surface area contributed by atoms with Crippen LogP contribution >= 0.6 is 0 Å². The largest absolute Gasteiger partial charge is 0.411 e. The van der Waals surface area contributed by atoms with Gasteiger partial charge in [-0.1, -0.05) is 12.1 Å². The summed E-state index contributed by atoms with van der Waals surface area (Å²) in [5, 5.41) is 9.33. The van der Waals surface area contributed by atoms with Crippen molar-refractivity contribution in [2.75, 3.05) is 13.2 Å². The van der Waals surface area contributed by atoms with Gasteiger partial charge in [0.05, 0.1) is 12.7 Å². The molecular weight excluding hydrogens is 259 g/mol. The third-order valence-corrected chi connectivity index (χ3v) is 2.06. The van der Waals surface area contributed by atoms with Crippen molar-refractivity contribution in [2.24, 2.45) is 0 Å². The van der Waals surface area contributed by atoms with Gasteiger partial charge in [0.15, 0.2) is 11.6 Å². The number of ether oxygens (including phenoxy) is 1. The van der Waals surface area contributed by atoms with Crippen LogP contribution in [-0.4, -0.2) is 30.6 Å². The number of rotatable bonds is 5. The molecule has 7 heteroatoms. The summed E-state index contributed by atoms with van der Waals surface area (Å²) in [4.78, 5) is 0. The van der Waals surface area contributed by atoms with E-state index >= 15 is 0 Å². The Labute approximate surface area is 100.0 Å². The molecule has 0 aliphatic carbocycles. The van der Waals surface area contributed by atoms with Gasteiger partial charge in [0, 0.05) is 6.42 Å². The van der Waals surface area contributed by atoms with Crippen molar-refractivity contribution in [3.63, 3.8) is 0 Å². The van der Waals surface area contributed by atoms with E-state index in [1.54, 1.807) is 0 Å². The zero-order valence-corrected chi connectivity index (χ0v) is 9.18. The second-order valence-electron chi connectivity index (χ2n) is 3.70. The second kappa shape index (κ2) is 6.10. The van der Waals surface area contributed by atoms with Crippen molar-refractivity contribution >= 4 is 0 Å². The summed E-state index contributed by atoms with van der Waals surface area (Å²) in [6, 6.07) is 3.40. The van der Waals surface area contributed by atoms with Gasteiger partial charge in [0.1, 0.15) is 6.61 Å². The predicted octanol–water partition coefficient (Wildman–Crippen LogP) is 2.45. The van der Waals surface area contributed by atoms with Gasteiger partial charge < -0.3 is 9.84 Å². The molecule has 1 atom stereocenters. The number of aliphatic hydroxyl groups excluding tert-OH is 1. The van der Waals surface area contributed by atoms with Crippen LogP contribution < -0.4 is 0 Å². The monoisotopic (exact) mass is 270 g/mol. The van der Waals surface area contributed by atoms with Crippen LogP contribution in [0.25, 0.3) is 0 Å². The Bertz CT molecular complexity index is 392. The van der Waals surface area contributed by atoms with Crippen molar-refractivity contribution in [1.29, 1.82) is 0 Å². The van der Waals surface area contributed by atoms with Crippen LogP contribution in [0.15, 0.2) is 18.2 Å². The van der Waals surface area contributed by atoms with Gasteiger partial charge in [-0.2, -0.15) is 13.2 Å². The SMILES string of the molecule is OC(COCC(F)(F)F)Cc1cccc(F)c1F. The Balaban J connectivity index is 2.45. The molecule has 0 spiro atoms. The number of hydrogen-bond acceptors (Lipinski definition) is 2. The van der Waals surface area contributed by atoms with Crippen LogP contribution in [0, 0.1) is 11.6 Å². The first-order valence-corrected chi connectivity index (χ1v) is 5.05. The van der Waals surface area contributed by atoms with Crippen LogP contribution in [0.3, 0.4) is 0 Å². The fraction of sp³-hybridized carbons (Fsp3) is 0.455. The Morgan fingerprint density at radius 3 is 2.50 bits per heavy atom. The summed E-state index contributed by atoms with van der Waals surface area (Å²) < 4.78 is 65.4. The first-order valence-electron chi connectivity index (χ1n) is 5.05. The van der Waals surface area contributed by atoms with Crippen molar-refractivity contribution in [3.05, 3.63) is 35.4 Å². The Morgan fingerprint density at radius 1 is 1.22 bits per heavy atom. The average molecular weight is 270 g/mol. The first-order chi connectivity index (χ1) is 8.29. The van der Waals surface area contributed by atoms with E-state index < -0.39 is 37.1 Å². The summed E-state index contributed by atoms with van der Waals surface area (Å²) in [5.41, 5.74) is -0.113. The average Bonchev–Trinajstić information content (AvgIpc) is 2.23. The summed E-state index contributed by atoms with van der Waals surface area (Å²) in [7, 11) is 0. The van der Waals surface area contributed by atoms with E-state index in [9.17, 15) is 27.1 Å². The predicted molar refractivity (Wildman–Crippen MR) is 52.9 cm³/mol. The fourth-order valence-corrected chi connectivity index (χ4v) is 1.33. The summed E-state index contributed by atoms with van der Waals surface area (Å²) in [6.45, 7) is -2.09. The van der Waals surface area contributed by atoms with Gasteiger partial charge >= 0.3 is 6.18 Å². The minimum Gasteiger partial charge on any atom is -0.390 e. The van der Waals surface area contributed by atoms with E-state index in [1.807, 2.05) is 0 Å². The Morgan fingerprint density at radius 2 is 1.89 bits per heavy atom. The molecule has 1 N–H and O–H groups in total. The molecule has 1 aromatic rings. The topological polar surface area (TPSA) is 29.5 Å². The number of halogens is 5. The van der Waals surface area contributed by atoms with Crippen molar-refractivity contribution in [2.45, 2.75) is 18.7 Å². The fourth-order valence-electron chi connectivity index (χ4n) is 1.33. The van der Waals surface area contributed by atoms with E-state index in [0.29, 0.717) is 0 Å².